The number of nitrogens with two attached hydrogens (primary N) is 2. The van der Waals surface area contributed by atoms with Gasteiger partial charge in [-0.15, -0.1) is 0 Å². The Hall–Kier alpha value is -1.50. The van der Waals surface area contributed by atoms with Crippen LogP contribution in [-0.4, -0.2) is 49.0 Å². The molecule has 104 valence electrons. The standard InChI is InChI=1S/C12H18ClN5O/c1-17-2-4-18(5-3-17)16-11-9(12(15)19)6-8(14)7-10(11)13/h6-7,16H,2-5,14H2,1H3,(H2,15,19). The molecule has 7 heteroatoms. The zero-order valence-corrected chi connectivity index (χ0v) is 11.6. The molecule has 1 aliphatic rings. The lowest BCUT2D eigenvalue weighted by atomic mass is 10.1. The van der Waals surface area contributed by atoms with Gasteiger partial charge >= 0.3 is 0 Å². The van der Waals surface area contributed by atoms with E-state index in [0.717, 1.165) is 26.2 Å². The van der Waals surface area contributed by atoms with E-state index >= 15 is 0 Å². The highest BCUT2D eigenvalue weighted by molar-refractivity contribution is 6.34. The van der Waals surface area contributed by atoms with Gasteiger partial charge in [-0.3, -0.25) is 4.79 Å². The van der Waals surface area contributed by atoms with Crippen LogP contribution in [0.15, 0.2) is 12.1 Å². The molecule has 1 amide bonds. The number of hydrazine groups is 1. The van der Waals surface area contributed by atoms with Crippen molar-refractivity contribution in [3.63, 3.8) is 0 Å². The van der Waals surface area contributed by atoms with Crippen LogP contribution in [0.1, 0.15) is 10.4 Å². The summed E-state index contributed by atoms with van der Waals surface area (Å²) in [4.78, 5) is 13.7. The molecule has 0 saturated carbocycles. The third-order valence-corrected chi connectivity index (χ3v) is 3.45. The maximum Gasteiger partial charge on any atom is 0.250 e. The van der Waals surface area contributed by atoms with E-state index in [0.29, 0.717) is 22.0 Å². The first kappa shape index (κ1) is 13.9. The zero-order valence-electron chi connectivity index (χ0n) is 10.8. The van der Waals surface area contributed by atoms with Crippen LogP contribution in [-0.2, 0) is 0 Å². The molecular formula is C12H18ClN5O. The summed E-state index contributed by atoms with van der Waals surface area (Å²) in [5.41, 5.74) is 15.5. The lowest BCUT2D eigenvalue weighted by Crippen LogP contribution is -2.47. The van der Waals surface area contributed by atoms with Gasteiger partial charge in [0, 0.05) is 31.9 Å². The van der Waals surface area contributed by atoms with E-state index in [1.54, 1.807) is 6.07 Å². The molecular weight excluding hydrogens is 266 g/mol. The molecule has 19 heavy (non-hydrogen) atoms. The molecule has 1 aromatic carbocycles. The molecule has 1 aliphatic heterocycles. The van der Waals surface area contributed by atoms with Crippen LogP contribution in [0.2, 0.25) is 5.02 Å². The third kappa shape index (κ3) is 3.28. The quantitative estimate of drug-likeness (QED) is 0.707. The number of primary amides is 1. The fourth-order valence-electron chi connectivity index (χ4n) is 2.01. The first-order valence-electron chi connectivity index (χ1n) is 6.06. The SMILES string of the molecule is CN1CCN(Nc2c(Cl)cc(N)cc2C(N)=O)CC1. The Kier molecular flexibility index (Phi) is 4.14. The van der Waals surface area contributed by atoms with Crippen molar-refractivity contribution in [1.82, 2.24) is 9.91 Å². The molecule has 0 spiro atoms. The van der Waals surface area contributed by atoms with Crippen molar-refractivity contribution in [3.8, 4) is 0 Å². The minimum Gasteiger partial charge on any atom is -0.399 e. The van der Waals surface area contributed by atoms with Crippen molar-refractivity contribution >= 4 is 28.9 Å². The second-order valence-corrected chi connectivity index (χ2v) is 5.10. The average Bonchev–Trinajstić information content (AvgIpc) is 2.34. The summed E-state index contributed by atoms with van der Waals surface area (Å²) in [6.07, 6.45) is 0. The van der Waals surface area contributed by atoms with Gasteiger partial charge in [-0.05, 0) is 19.2 Å². The Bertz CT molecular complexity index is 485. The first-order chi connectivity index (χ1) is 8.97. The van der Waals surface area contributed by atoms with Crippen LogP contribution < -0.4 is 16.9 Å². The Morgan fingerprint density at radius 3 is 2.53 bits per heavy atom. The number of carbonyl (C=O) groups excluding carboxylic acids is 1. The number of carbonyl (C=O) groups is 1. The minimum atomic E-state index is -0.550. The van der Waals surface area contributed by atoms with Crippen LogP contribution in [0.25, 0.3) is 0 Å². The number of piperazine rings is 1. The molecule has 1 heterocycles. The molecule has 0 atom stereocenters. The monoisotopic (exact) mass is 283 g/mol. The summed E-state index contributed by atoms with van der Waals surface area (Å²) in [6.45, 7) is 3.59. The van der Waals surface area contributed by atoms with Crippen LogP contribution in [0.3, 0.4) is 0 Å². The molecule has 0 aromatic heterocycles. The van der Waals surface area contributed by atoms with E-state index < -0.39 is 5.91 Å². The second-order valence-electron chi connectivity index (χ2n) is 4.69. The highest BCUT2D eigenvalue weighted by Crippen LogP contribution is 2.29. The number of halogens is 1. The fourth-order valence-corrected chi connectivity index (χ4v) is 2.28. The molecule has 1 saturated heterocycles. The Labute approximate surface area is 117 Å². The number of anilines is 2. The fraction of sp³-hybridized carbons (Fsp3) is 0.417. The van der Waals surface area contributed by atoms with Crippen molar-refractivity contribution in [3.05, 3.63) is 22.7 Å². The Balaban J connectivity index is 2.21. The van der Waals surface area contributed by atoms with Crippen LogP contribution in [0, 0.1) is 0 Å². The second kappa shape index (κ2) is 5.64. The minimum absolute atomic E-state index is 0.309. The van der Waals surface area contributed by atoms with Gasteiger partial charge in [0.1, 0.15) is 0 Å². The molecule has 2 rings (SSSR count). The van der Waals surface area contributed by atoms with E-state index in [2.05, 4.69) is 17.4 Å². The molecule has 1 fully saturated rings. The van der Waals surface area contributed by atoms with Crippen molar-refractivity contribution in [2.75, 3.05) is 44.4 Å². The lowest BCUT2D eigenvalue weighted by Gasteiger charge is -2.33. The molecule has 1 aromatic rings. The summed E-state index contributed by atoms with van der Waals surface area (Å²) < 4.78 is 0. The lowest BCUT2D eigenvalue weighted by molar-refractivity contribution is 0.100. The number of hydrogen-bond acceptors (Lipinski definition) is 5. The van der Waals surface area contributed by atoms with Gasteiger partial charge in [-0.25, -0.2) is 5.01 Å². The average molecular weight is 284 g/mol. The Morgan fingerprint density at radius 1 is 1.32 bits per heavy atom. The molecule has 6 nitrogen and oxygen atoms in total. The summed E-state index contributed by atoms with van der Waals surface area (Å²) in [5, 5.41) is 2.41. The van der Waals surface area contributed by atoms with Crippen LogP contribution >= 0.6 is 11.6 Å². The topological polar surface area (TPSA) is 87.6 Å². The largest absolute Gasteiger partial charge is 0.399 e. The van der Waals surface area contributed by atoms with Crippen molar-refractivity contribution < 1.29 is 4.79 Å². The molecule has 0 unspecified atom stereocenters. The maximum atomic E-state index is 11.5. The van der Waals surface area contributed by atoms with E-state index in [1.165, 1.54) is 6.07 Å². The number of hydrogen-bond donors (Lipinski definition) is 3. The van der Waals surface area contributed by atoms with E-state index in [4.69, 9.17) is 23.1 Å². The van der Waals surface area contributed by atoms with Gasteiger partial charge in [0.25, 0.3) is 5.91 Å². The van der Waals surface area contributed by atoms with Gasteiger partial charge in [0.15, 0.2) is 0 Å². The highest BCUT2D eigenvalue weighted by Gasteiger charge is 2.18. The number of rotatable bonds is 3. The number of likely N-dealkylation sites (N-methyl/N-ethyl adjacent to an activating group) is 1. The highest BCUT2D eigenvalue weighted by atomic mass is 35.5. The van der Waals surface area contributed by atoms with Gasteiger partial charge in [-0.1, -0.05) is 11.6 Å². The van der Waals surface area contributed by atoms with Crippen LogP contribution in [0.4, 0.5) is 11.4 Å². The molecule has 0 radical (unpaired) electrons. The van der Waals surface area contributed by atoms with Gasteiger partial charge in [0.05, 0.1) is 16.3 Å². The van der Waals surface area contributed by atoms with E-state index in [-0.39, 0.29) is 0 Å². The molecule has 0 bridgehead atoms. The molecule has 5 N–H and O–H groups in total. The molecule has 0 aliphatic carbocycles. The number of amides is 1. The van der Waals surface area contributed by atoms with Crippen molar-refractivity contribution in [2.45, 2.75) is 0 Å². The van der Waals surface area contributed by atoms with Gasteiger partial charge in [-0.2, -0.15) is 0 Å². The summed E-state index contributed by atoms with van der Waals surface area (Å²) >= 11 is 6.14. The number of nitrogen functional groups attached to an aromatic ring is 1. The summed E-state index contributed by atoms with van der Waals surface area (Å²) in [7, 11) is 2.07. The van der Waals surface area contributed by atoms with E-state index in [1.807, 2.05) is 5.01 Å². The van der Waals surface area contributed by atoms with Gasteiger partial charge < -0.3 is 21.8 Å². The normalized spacial score (nSPS) is 17.4. The van der Waals surface area contributed by atoms with E-state index in [9.17, 15) is 4.79 Å². The predicted octanol–water partition coefficient (Wildman–Crippen LogP) is 0.595. The third-order valence-electron chi connectivity index (χ3n) is 3.15. The first-order valence-corrected chi connectivity index (χ1v) is 6.44. The number of nitrogens with zero attached hydrogens (tertiary/aromatic N) is 2. The smallest absolute Gasteiger partial charge is 0.250 e. The number of benzene rings is 1. The maximum absolute atomic E-state index is 11.5. The summed E-state index contributed by atoms with van der Waals surface area (Å²) in [6, 6.07) is 3.14. The zero-order chi connectivity index (χ0) is 14.0. The number of nitrogens with one attached hydrogen (secondary N) is 1. The van der Waals surface area contributed by atoms with Crippen molar-refractivity contribution in [1.29, 1.82) is 0 Å². The van der Waals surface area contributed by atoms with Gasteiger partial charge in [0.2, 0.25) is 0 Å². The summed E-state index contributed by atoms with van der Waals surface area (Å²) in [5.74, 6) is -0.550. The van der Waals surface area contributed by atoms with Crippen LogP contribution in [0.5, 0.6) is 0 Å². The predicted molar refractivity (Wildman–Crippen MR) is 77.1 cm³/mol. The van der Waals surface area contributed by atoms with Crippen molar-refractivity contribution in [2.24, 2.45) is 5.73 Å². The Morgan fingerprint density at radius 2 is 1.95 bits per heavy atom.